The van der Waals surface area contributed by atoms with Gasteiger partial charge < -0.3 is 4.74 Å². The lowest BCUT2D eigenvalue weighted by molar-refractivity contribution is 0.0355. The van der Waals surface area contributed by atoms with E-state index in [-0.39, 0.29) is 5.82 Å². The molecule has 0 atom stereocenters. The Hall–Kier alpha value is -1.72. The van der Waals surface area contributed by atoms with Crippen molar-refractivity contribution in [3.05, 3.63) is 41.3 Å². The first kappa shape index (κ1) is 14.8. The van der Waals surface area contributed by atoms with Crippen molar-refractivity contribution in [3.8, 4) is 11.3 Å². The van der Waals surface area contributed by atoms with E-state index in [2.05, 4.69) is 15.1 Å². The summed E-state index contributed by atoms with van der Waals surface area (Å²) >= 11 is 0. The zero-order chi connectivity index (χ0) is 15.6. The van der Waals surface area contributed by atoms with Crippen LogP contribution in [0.3, 0.4) is 0 Å². The molecule has 1 saturated heterocycles. The molecule has 4 nitrogen and oxygen atoms in total. The molecule has 0 saturated carbocycles. The van der Waals surface area contributed by atoms with Gasteiger partial charge in [-0.25, -0.2) is 4.39 Å². The van der Waals surface area contributed by atoms with Crippen LogP contribution in [0.5, 0.6) is 0 Å². The van der Waals surface area contributed by atoms with Crippen LogP contribution in [-0.2, 0) is 17.6 Å². The minimum absolute atomic E-state index is 0.207. The maximum Gasteiger partial charge on any atom is 0.123 e. The molecule has 4 rings (SSSR count). The van der Waals surface area contributed by atoms with Crippen LogP contribution >= 0.6 is 0 Å². The van der Waals surface area contributed by atoms with Crippen LogP contribution in [0.1, 0.15) is 24.1 Å². The van der Waals surface area contributed by atoms with Gasteiger partial charge in [0.05, 0.1) is 5.69 Å². The average Bonchev–Trinajstić information content (AvgIpc) is 2.88. The van der Waals surface area contributed by atoms with Crippen LogP contribution in [-0.4, -0.2) is 47.4 Å². The smallest absolute Gasteiger partial charge is 0.123 e. The maximum absolute atomic E-state index is 13.1. The van der Waals surface area contributed by atoms with Crippen molar-refractivity contribution >= 4 is 0 Å². The van der Waals surface area contributed by atoms with Crippen LogP contribution in [0.25, 0.3) is 11.3 Å². The quantitative estimate of drug-likeness (QED) is 0.926. The molecule has 0 unspecified atom stereocenters. The zero-order valence-corrected chi connectivity index (χ0v) is 13.2. The van der Waals surface area contributed by atoms with E-state index in [1.165, 1.54) is 23.4 Å². The maximum atomic E-state index is 13.1. The lowest BCUT2D eigenvalue weighted by Gasteiger charge is -2.33. The van der Waals surface area contributed by atoms with Crippen LogP contribution in [0.15, 0.2) is 24.3 Å². The molecule has 2 aliphatic heterocycles. The third-order valence-electron chi connectivity index (χ3n) is 5.08. The Morgan fingerprint density at radius 2 is 1.83 bits per heavy atom. The highest BCUT2D eigenvalue weighted by molar-refractivity contribution is 5.64. The molecule has 23 heavy (non-hydrogen) atoms. The number of aromatic amines is 1. The lowest BCUT2D eigenvalue weighted by Crippen LogP contribution is -2.40. The van der Waals surface area contributed by atoms with Gasteiger partial charge in [0.15, 0.2) is 0 Å². The highest BCUT2D eigenvalue weighted by Crippen LogP contribution is 2.28. The number of benzene rings is 1. The standard InChI is InChI=1S/C18H22FN3O/c19-14-3-1-13(2-4-14)18-16-5-9-22(10-6-17(16)20-21-18)15-7-11-23-12-8-15/h1-4,15H,5-12H2,(H,20,21). The van der Waals surface area contributed by atoms with E-state index in [4.69, 9.17) is 4.74 Å². The van der Waals surface area contributed by atoms with Gasteiger partial charge in [-0.2, -0.15) is 5.10 Å². The van der Waals surface area contributed by atoms with Crippen molar-refractivity contribution in [3.63, 3.8) is 0 Å². The molecule has 122 valence electrons. The first-order valence-corrected chi connectivity index (χ1v) is 8.45. The molecular formula is C18H22FN3O. The summed E-state index contributed by atoms with van der Waals surface area (Å²) < 4.78 is 18.6. The third-order valence-corrected chi connectivity index (χ3v) is 5.08. The Labute approximate surface area is 135 Å². The van der Waals surface area contributed by atoms with Crippen molar-refractivity contribution in [2.24, 2.45) is 0 Å². The number of aromatic nitrogens is 2. The Balaban J connectivity index is 1.54. The highest BCUT2D eigenvalue weighted by Gasteiger charge is 2.26. The fraction of sp³-hybridized carbons (Fsp3) is 0.500. The molecule has 1 fully saturated rings. The zero-order valence-electron chi connectivity index (χ0n) is 13.2. The van der Waals surface area contributed by atoms with Gasteiger partial charge in [0, 0.05) is 55.6 Å². The fourth-order valence-electron chi connectivity index (χ4n) is 3.76. The summed E-state index contributed by atoms with van der Waals surface area (Å²) in [7, 11) is 0. The number of H-pyrrole nitrogens is 1. The molecule has 5 heteroatoms. The second-order valence-corrected chi connectivity index (χ2v) is 6.42. The van der Waals surface area contributed by atoms with Crippen molar-refractivity contribution in [1.82, 2.24) is 15.1 Å². The number of hydrogen-bond acceptors (Lipinski definition) is 3. The monoisotopic (exact) mass is 315 g/mol. The molecule has 0 spiro atoms. The van der Waals surface area contributed by atoms with Crippen molar-refractivity contribution < 1.29 is 9.13 Å². The minimum atomic E-state index is -0.207. The molecule has 1 aromatic heterocycles. The van der Waals surface area contributed by atoms with Crippen LogP contribution in [0.2, 0.25) is 0 Å². The average molecular weight is 315 g/mol. The summed E-state index contributed by atoms with van der Waals surface area (Å²) in [5.41, 5.74) is 4.50. The molecule has 1 N–H and O–H groups in total. The summed E-state index contributed by atoms with van der Waals surface area (Å²) in [6.45, 7) is 3.90. The van der Waals surface area contributed by atoms with E-state index >= 15 is 0 Å². The van der Waals surface area contributed by atoms with Gasteiger partial charge in [-0.05, 0) is 43.5 Å². The third kappa shape index (κ3) is 3.03. The van der Waals surface area contributed by atoms with Crippen molar-refractivity contribution in [1.29, 1.82) is 0 Å². The topological polar surface area (TPSA) is 41.2 Å². The number of rotatable bonds is 2. The van der Waals surface area contributed by atoms with E-state index in [1.807, 2.05) is 12.1 Å². The number of halogens is 1. The molecule has 0 radical (unpaired) electrons. The van der Waals surface area contributed by atoms with Gasteiger partial charge in [-0.1, -0.05) is 0 Å². The number of ether oxygens (including phenoxy) is 1. The Morgan fingerprint density at radius 3 is 2.61 bits per heavy atom. The van der Waals surface area contributed by atoms with E-state index in [0.29, 0.717) is 6.04 Å². The molecule has 2 aliphatic rings. The second-order valence-electron chi connectivity index (χ2n) is 6.42. The molecule has 0 bridgehead atoms. The van der Waals surface area contributed by atoms with E-state index in [1.54, 1.807) is 0 Å². The molecule has 3 heterocycles. The Bertz CT molecular complexity index is 661. The van der Waals surface area contributed by atoms with Gasteiger partial charge in [0.2, 0.25) is 0 Å². The summed E-state index contributed by atoms with van der Waals surface area (Å²) in [6, 6.07) is 7.28. The largest absolute Gasteiger partial charge is 0.381 e. The number of nitrogens with zero attached hydrogens (tertiary/aromatic N) is 2. The molecule has 2 aromatic rings. The minimum Gasteiger partial charge on any atom is -0.381 e. The first-order chi connectivity index (χ1) is 11.3. The van der Waals surface area contributed by atoms with E-state index < -0.39 is 0 Å². The fourth-order valence-corrected chi connectivity index (χ4v) is 3.76. The number of fused-ring (bicyclic) bond motifs is 1. The number of hydrogen-bond donors (Lipinski definition) is 1. The predicted octanol–water partition coefficient (Wildman–Crippen LogP) is 2.80. The van der Waals surface area contributed by atoms with Gasteiger partial charge in [-0.15, -0.1) is 0 Å². The first-order valence-electron chi connectivity index (χ1n) is 8.45. The second kappa shape index (κ2) is 6.42. The highest BCUT2D eigenvalue weighted by atomic mass is 19.1. The van der Waals surface area contributed by atoms with Gasteiger partial charge in [-0.3, -0.25) is 10.00 Å². The van der Waals surface area contributed by atoms with E-state index in [9.17, 15) is 4.39 Å². The van der Waals surface area contributed by atoms with Crippen LogP contribution in [0, 0.1) is 5.82 Å². The summed E-state index contributed by atoms with van der Waals surface area (Å²) in [5.74, 6) is -0.207. The van der Waals surface area contributed by atoms with Crippen molar-refractivity contribution in [2.75, 3.05) is 26.3 Å². The van der Waals surface area contributed by atoms with Gasteiger partial charge >= 0.3 is 0 Å². The van der Waals surface area contributed by atoms with Gasteiger partial charge in [0.1, 0.15) is 5.82 Å². The summed E-state index contributed by atoms with van der Waals surface area (Å²) in [5, 5.41) is 7.70. The van der Waals surface area contributed by atoms with Crippen molar-refractivity contribution in [2.45, 2.75) is 31.7 Å². The Kier molecular flexibility index (Phi) is 4.14. The summed E-state index contributed by atoms with van der Waals surface area (Å²) in [4.78, 5) is 2.60. The molecule has 1 aromatic carbocycles. The molecule has 0 amide bonds. The molecule has 0 aliphatic carbocycles. The van der Waals surface area contributed by atoms with Gasteiger partial charge in [0.25, 0.3) is 0 Å². The van der Waals surface area contributed by atoms with Crippen LogP contribution < -0.4 is 0 Å². The lowest BCUT2D eigenvalue weighted by atomic mass is 10.0. The normalized spacial score (nSPS) is 20.2. The Morgan fingerprint density at radius 1 is 1.09 bits per heavy atom. The predicted molar refractivity (Wildman–Crippen MR) is 86.8 cm³/mol. The summed E-state index contributed by atoms with van der Waals surface area (Å²) in [6.07, 6.45) is 4.27. The van der Waals surface area contributed by atoms with E-state index in [0.717, 1.165) is 63.2 Å². The SMILES string of the molecule is Fc1ccc(-c2n[nH]c3c2CCN(C2CCOCC2)CC3)cc1. The molecular weight excluding hydrogens is 293 g/mol. The number of nitrogens with one attached hydrogen (secondary N) is 1. The van der Waals surface area contributed by atoms with Crippen LogP contribution in [0.4, 0.5) is 4.39 Å².